The maximum Gasteiger partial charge on any atom is 0.0856 e. The van der Waals surface area contributed by atoms with Gasteiger partial charge in [0.15, 0.2) is 0 Å². The molecule has 1 atom stereocenters. The van der Waals surface area contributed by atoms with Gasteiger partial charge in [0.05, 0.1) is 6.04 Å². The van der Waals surface area contributed by atoms with Gasteiger partial charge in [0, 0.05) is 19.4 Å². The van der Waals surface area contributed by atoms with Crippen LogP contribution >= 0.6 is 0 Å². The molecule has 0 amide bonds. The highest BCUT2D eigenvalue weighted by molar-refractivity contribution is 4.64. The molecule has 1 heterocycles. The van der Waals surface area contributed by atoms with Gasteiger partial charge in [0.2, 0.25) is 0 Å². The molecule has 0 radical (unpaired) electrons. The molecule has 2 heteroatoms. The third-order valence-electron chi connectivity index (χ3n) is 2.07. The second-order valence-electron chi connectivity index (χ2n) is 3.10. The molecule has 0 aromatic carbocycles. The summed E-state index contributed by atoms with van der Waals surface area (Å²) in [6, 6.07) is 0.718. The van der Waals surface area contributed by atoms with Crippen LogP contribution in [-0.2, 0) is 0 Å². The normalized spacial score (nSPS) is 32.0. The maximum atomic E-state index is 4.07. The molecule has 1 aliphatic heterocycles. The van der Waals surface area contributed by atoms with Crippen LogP contribution in [0.2, 0.25) is 0 Å². The topological polar surface area (TPSA) is 30.9 Å². The lowest BCUT2D eigenvalue weighted by molar-refractivity contribution is -0.421. The summed E-state index contributed by atoms with van der Waals surface area (Å²) in [5.41, 5.74) is 4.07. The average Bonchev–Trinajstić information content (AvgIpc) is 1.97. The van der Waals surface area contributed by atoms with Gasteiger partial charge in [-0.05, 0) is 20.0 Å². The SMILES string of the molecule is CN1CCC[C@H]([NH3+])CC1. The van der Waals surface area contributed by atoms with E-state index in [0.717, 1.165) is 6.04 Å². The number of likely N-dealkylation sites (tertiary alicyclic amines) is 1. The Labute approximate surface area is 57.0 Å². The summed E-state index contributed by atoms with van der Waals surface area (Å²) in [6.45, 7) is 2.51. The van der Waals surface area contributed by atoms with Crippen molar-refractivity contribution in [2.24, 2.45) is 0 Å². The second kappa shape index (κ2) is 3.18. The zero-order valence-electron chi connectivity index (χ0n) is 6.27. The van der Waals surface area contributed by atoms with Crippen LogP contribution in [0.4, 0.5) is 0 Å². The molecule has 0 saturated carbocycles. The van der Waals surface area contributed by atoms with E-state index >= 15 is 0 Å². The van der Waals surface area contributed by atoms with Gasteiger partial charge in [0.1, 0.15) is 0 Å². The third-order valence-corrected chi connectivity index (χ3v) is 2.07. The first kappa shape index (κ1) is 7.03. The molecule has 0 unspecified atom stereocenters. The van der Waals surface area contributed by atoms with Crippen molar-refractivity contribution in [2.75, 3.05) is 20.1 Å². The summed E-state index contributed by atoms with van der Waals surface area (Å²) in [7, 11) is 2.19. The Kier molecular flexibility index (Phi) is 2.49. The van der Waals surface area contributed by atoms with E-state index in [9.17, 15) is 0 Å². The van der Waals surface area contributed by atoms with Crippen molar-refractivity contribution in [3.63, 3.8) is 0 Å². The van der Waals surface area contributed by atoms with Crippen molar-refractivity contribution >= 4 is 0 Å². The average molecular weight is 129 g/mol. The molecule has 54 valence electrons. The van der Waals surface area contributed by atoms with E-state index in [1.807, 2.05) is 0 Å². The van der Waals surface area contributed by atoms with E-state index in [4.69, 9.17) is 0 Å². The number of quaternary nitrogens is 1. The summed E-state index contributed by atoms with van der Waals surface area (Å²) in [5.74, 6) is 0. The zero-order valence-corrected chi connectivity index (χ0v) is 6.27. The van der Waals surface area contributed by atoms with E-state index < -0.39 is 0 Å². The lowest BCUT2D eigenvalue weighted by Gasteiger charge is -2.10. The predicted molar refractivity (Wildman–Crippen MR) is 38.0 cm³/mol. The zero-order chi connectivity index (χ0) is 6.69. The number of nitrogens with zero attached hydrogens (tertiary/aromatic N) is 1. The Morgan fingerprint density at radius 3 is 2.89 bits per heavy atom. The summed E-state index contributed by atoms with van der Waals surface area (Å²) in [6.07, 6.45) is 3.95. The van der Waals surface area contributed by atoms with Crippen molar-refractivity contribution in [3.05, 3.63) is 0 Å². The van der Waals surface area contributed by atoms with Crippen molar-refractivity contribution < 1.29 is 5.73 Å². The highest BCUT2D eigenvalue weighted by Gasteiger charge is 2.12. The van der Waals surface area contributed by atoms with Crippen LogP contribution in [0, 0.1) is 0 Å². The standard InChI is InChI=1S/C7H16N2/c1-9-5-2-3-7(8)4-6-9/h7H,2-6,8H2,1H3/p+1/t7-/m0/s1. The minimum absolute atomic E-state index is 0.718. The van der Waals surface area contributed by atoms with Crippen LogP contribution in [0.1, 0.15) is 19.3 Å². The first-order valence-corrected chi connectivity index (χ1v) is 3.80. The van der Waals surface area contributed by atoms with Gasteiger partial charge >= 0.3 is 0 Å². The van der Waals surface area contributed by atoms with E-state index in [2.05, 4.69) is 17.7 Å². The Morgan fingerprint density at radius 2 is 2.11 bits per heavy atom. The minimum Gasteiger partial charge on any atom is -0.355 e. The van der Waals surface area contributed by atoms with E-state index in [1.165, 1.54) is 32.4 Å². The molecule has 0 aliphatic carbocycles. The van der Waals surface area contributed by atoms with Gasteiger partial charge < -0.3 is 10.6 Å². The molecule has 1 fully saturated rings. The first-order chi connectivity index (χ1) is 4.29. The van der Waals surface area contributed by atoms with Crippen molar-refractivity contribution in [1.29, 1.82) is 0 Å². The molecule has 1 aliphatic rings. The van der Waals surface area contributed by atoms with Crippen LogP contribution in [0.5, 0.6) is 0 Å². The van der Waals surface area contributed by atoms with E-state index in [1.54, 1.807) is 0 Å². The minimum atomic E-state index is 0.718. The molecule has 9 heavy (non-hydrogen) atoms. The molecule has 1 saturated heterocycles. The lowest BCUT2D eigenvalue weighted by atomic mass is 10.1. The Hall–Kier alpha value is -0.0800. The Bertz CT molecular complexity index is 73.0. The predicted octanol–water partition coefficient (Wildman–Crippen LogP) is -0.287. The quantitative estimate of drug-likeness (QED) is 0.479. The molecule has 1 rings (SSSR count). The monoisotopic (exact) mass is 129 g/mol. The van der Waals surface area contributed by atoms with Crippen LogP contribution in [0.25, 0.3) is 0 Å². The smallest absolute Gasteiger partial charge is 0.0856 e. The van der Waals surface area contributed by atoms with E-state index in [-0.39, 0.29) is 0 Å². The maximum absolute atomic E-state index is 4.07. The molecule has 0 bridgehead atoms. The number of hydrogen-bond donors (Lipinski definition) is 1. The highest BCUT2D eigenvalue weighted by Crippen LogP contribution is 2.04. The van der Waals surface area contributed by atoms with Crippen LogP contribution in [0.3, 0.4) is 0 Å². The van der Waals surface area contributed by atoms with Gasteiger partial charge in [-0.3, -0.25) is 0 Å². The number of rotatable bonds is 0. The van der Waals surface area contributed by atoms with Gasteiger partial charge in [-0.2, -0.15) is 0 Å². The Balaban J connectivity index is 2.25. The van der Waals surface area contributed by atoms with Crippen LogP contribution in [0.15, 0.2) is 0 Å². The summed E-state index contributed by atoms with van der Waals surface area (Å²) in [4.78, 5) is 2.39. The lowest BCUT2D eigenvalue weighted by Crippen LogP contribution is -2.60. The van der Waals surface area contributed by atoms with Crippen LogP contribution < -0.4 is 5.73 Å². The van der Waals surface area contributed by atoms with Crippen molar-refractivity contribution in [1.82, 2.24) is 4.90 Å². The fraction of sp³-hybridized carbons (Fsp3) is 1.00. The highest BCUT2D eigenvalue weighted by atomic mass is 15.1. The molecule has 2 nitrogen and oxygen atoms in total. The molecular weight excluding hydrogens is 112 g/mol. The number of hydrogen-bond acceptors (Lipinski definition) is 1. The fourth-order valence-corrected chi connectivity index (χ4v) is 1.31. The summed E-state index contributed by atoms with van der Waals surface area (Å²) in [5, 5.41) is 0. The Morgan fingerprint density at radius 1 is 1.33 bits per heavy atom. The van der Waals surface area contributed by atoms with Crippen LogP contribution in [-0.4, -0.2) is 31.1 Å². The molecule has 0 aromatic rings. The van der Waals surface area contributed by atoms with Gasteiger partial charge in [-0.1, -0.05) is 0 Å². The van der Waals surface area contributed by atoms with Gasteiger partial charge in [-0.15, -0.1) is 0 Å². The van der Waals surface area contributed by atoms with Gasteiger partial charge in [-0.25, -0.2) is 0 Å². The third kappa shape index (κ3) is 2.33. The second-order valence-corrected chi connectivity index (χ2v) is 3.10. The van der Waals surface area contributed by atoms with E-state index in [0.29, 0.717) is 0 Å². The van der Waals surface area contributed by atoms with Gasteiger partial charge in [0.25, 0.3) is 0 Å². The molecule has 0 aromatic heterocycles. The molecule has 3 N–H and O–H groups in total. The summed E-state index contributed by atoms with van der Waals surface area (Å²) < 4.78 is 0. The van der Waals surface area contributed by atoms with Crippen molar-refractivity contribution in [2.45, 2.75) is 25.3 Å². The molecule has 0 spiro atoms. The fourth-order valence-electron chi connectivity index (χ4n) is 1.31. The van der Waals surface area contributed by atoms with Crippen molar-refractivity contribution in [3.8, 4) is 0 Å². The first-order valence-electron chi connectivity index (χ1n) is 3.80. The largest absolute Gasteiger partial charge is 0.355 e. The molecular formula is C7H17N2+. The summed E-state index contributed by atoms with van der Waals surface area (Å²) >= 11 is 0.